The number of rotatable bonds is 5. The van der Waals surface area contributed by atoms with E-state index in [1.807, 2.05) is 38.1 Å². The lowest BCUT2D eigenvalue weighted by Gasteiger charge is -2.08. The third-order valence-electron chi connectivity index (χ3n) is 4.72. The van der Waals surface area contributed by atoms with Gasteiger partial charge in [-0.05, 0) is 37.5 Å². The van der Waals surface area contributed by atoms with Gasteiger partial charge in [0.1, 0.15) is 9.88 Å². The van der Waals surface area contributed by atoms with Crippen molar-refractivity contribution in [3.8, 4) is 10.6 Å². The first-order valence-electron chi connectivity index (χ1n) is 8.90. The third kappa shape index (κ3) is 3.74. The third-order valence-corrected chi connectivity index (χ3v) is 5.89. The zero-order valence-corrected chi connectivity index (χ0v) is 17.2. The Hall–Kier alpha value is -2.84. The predicted octanol–water partition coefficient (Wildman–Crippen LogP) is 2.22. The van der Waals surface area contributed by atoms with Crippen LogP contribution in [0.25, 0.3) is 10.6 Å². The number of nitrogens with zero attached hydrogens (tertiary/aromatic N) is 3. The number of carbonyl (C=O) groups is 1. The van der Waals surface area contributed by atoms with Gasteiger partial charge in [-0.2, -0.15) is 5.10 Å². The van der Waals surface area contributed by atoms with Gasteiger partial charge in [0, 0.05) is 20.1 Å². The number of benzene rings is 1. The van der Waals surface area contributed by atoms with E-state index in [1.54, 1.807) is 14.0 Å². The van der Waals surface area contributed by atoms with Gasteiger partial charge in [0.25, 0.3) is 11.5 Å². The molecule has 0 saturated heterocycles. The molecule has 0 radical (unpaired) electrons. The molecular formula is C20H23N5O2S. The van der Waals surface area contributed by atoms with E-state index in [2.05, 4.69) is 15.4 Å². The maximum atomic E-state index is 12.7. The van der Waals surface area contributed by atoms with Crippen LogP contribution in [-0.2, 0) is 20.1 Å². The summed E-state index contributed by atoms with van der Waals surface area (Å²) < 4.78 is 1.30. The lowest BCUT2D eigenvalue weighted by Crippen LogP contribution is -2.23. The minimum Gasteiger partial charge on any atom is -0.347 e. The summed E-state index contributed by atoms with van der Waals surface area (Å²) in [6.07, 6.45) is 0. The zero-order chi connectivity index (χ0) is 20.4. The highest BCUT2D eigenvalue weighted by atomic mass is 32.1. The Morgan fingerprint density at radius 3 is 2.54 bits per heavy atom. The average molecular weight is 398 g/mol. The van der Waals surface area contributed by atoms with Crippen LogP contribution in [0.2, 0.25) is 0 Å². The number of nitrogens with two attached hydrogens (primary N) is 1. The second-order valence-corrected chi connectivity index (χ2v) is 7.60. The van der Waals surface area contributed by atoms with E-state index in [1.165, 1.54) is 16.0 Å². The minimum atomic E-state index is -0.222. The molecular weight excluding hydrogens is 374 g/mol. The van der Waals surface area contributed by atoms with Crippen molar-refractivity contribution in [2.24, 2.45) is 12.8 Å². The molecule has 0 aliphatic rings. The number of thiazole rings is 1. The molecule has 7 nitrogen and oxygen atoms in total. The van der Waals surface area contributed by atoms with Crippen molar-refractivity contribution in [1.82, 2.24) is 20.1 Å². The van der Waals surface area contributed by atoms with Gasteiger partial charge in [-0.15, -0.1) is 11.3 Å². The lowest BCUT2D eigenvalue weighted by atomic mass is 10.1. The average Bonchev–Trinajstić information content (AvgIpc) is 3.06. The SMILES string of the molecule is Cc1nc(-c2c(C)c(C)nn(C)c2=O)sc1C(=O)NCc1ccccc1CN. The summed E-state index contributed by atoms with van der Waals surface area (Å²) >= 11 is 1.22. The Bertz CT molecular complexity index is 1100. The smallest absolute Gasteiger partial charge is 0.277 e. The highest BCUT2D eigenvalue weighted by Gasteiger charge is 2.21. The molecule has 146 valence electrons. The van der Waals surface area contributed by atoms with Gasteiger partial charge >= 0.3 is 0 Å². The molecule has 0 unspecified atom stereocenters. The van der Waals surface area contributed by atoms with Crippen LogP contribution in [0.15, 0.2) is 29.1 Å². The molecule has 28 heavy (non-hydrogen) atoms. The molecule has 2 heterocycles. The van der Waals surface area contributed by atoms with E-state index in [0.717, 1.165) is 22.4 Å². The standard InChI is InChI=1S/C20H23N5O2S/c1-11-12(2)24-25(4)20(27)16(11)19-23-13(3)17(28-19)18(26)22-10-15-8-6-5-7-14(15)9-21/h5-8H,9-10,21H2,1-4H3,(H,22,26). The van der Waals surface area contributed by atoms with Gasteiger partial charge in [-0.25, -0.2) is 9.67 Å². The summed E-state index contributed by atoms with van der Waals surface area (Å²) in [5, 5.41) is 7.66. The van der Waals surface area contributed by atoms with Crippen LogP contribution >= 0.6 is 11.3 Å². The van der Waals surface area contributed by atoms with Crippen molar-refractivity contribution in [2.45, 2.75) is 33.9 Å². The van der Waals surface area contributed by atoms with Crippen LogP contribution in [-0.4, -0.2) is 20.7 Å². The van der Waals surface area contributed by atoms with Gasteiger partial charge in [0.05, 0.1) is 17.0 Å². The van der Waals surface area contributed by atoms with Crippen LogP contribution in [0.4, 0.5) is 0 Å². The van der Waals surface area contributed by atoms with Crippen molar-refractivity contribution in [1.29, 1.82) is 0 Å². The molecule has 0 fully saturated rings. The molecule has 0 aliphatic heterocycles. The minimum absolute atomic E-state index is 0.215. The van der Waals surface area contributed by atoms with Gasteiger partial charge in [-0.3, -0.25) is 9.59 Å². The monoisotopic (exact) mass is 397 g/mol. The number of aryl methyl sites for hydroxylation is 3. The van der Waals surface area contributed by atoms with Crippen LogP contribution in [0.5, 0.6) is 0 Å². The highest BCUT2D eigenvalue weighted by molar-refractivity contribution is 7.17. The Morgan fingerprint density at radius 2 is 1.86 bits per heavy atom. The van der Waals surface area contributed by atoms with Crippen molar-refractivity contribution < 1.29 is 4.79 Å². The summed E-state index contributed by atoms with van der Waals surface area (Å²) in [4.78, 5) is 30.3. The first kappa shape index (κ1) is 19.9. The van der Waals surface area contributed by atoms with E-state index < -0.39 is 0 Å². The Kier molecular flexibility index (Phi) is 5.71. The number of aromatic nitrogens is 3. The summed E-state index contributed by atoms with van der Waals surface area (Å²) in [7, 11) is 1.61. The van der Waals surface area contributed by atoms with E-state index >= 15 is 0 Å². The molecule has 0 aliphatic carbocycles. The topological polar surface area (TPSA) is 103 Å². The van der Waals surface area contributed by atoms with Crippen LogP contribution in [0.3, 0.4) is 0 Å². The summed E-state index contributed by atoms with van der Waals surface area (Å²) in [6, 6.07) is 7.73. The highest BCUT2D eigenvalue weighted by Crippen LogP contribution is 2.28. The molecule has 3 N–H and O–H groups in total. The normalized spacial score (nSPS) is 10.9. The number of hydrogen-bond donors (Lipinski definition) is 2. The lowest BCUT2D eigenvalue weighted by molar-refractivity contribution is 0.0954. The Morgan fingerprint density at radius 1 is 1.18 bits per heavy atom. The van der Waals surface area contributed by atoms with E-state index in [0.29, 0.717) is 34.2 Å². The van der Waals surface area contributed by atoms with Crippen LogP contribution in [0, 0.1) is 20.8 Å². The quantitative estimate of drug-likeness (QED) is 0.687. The summed E-state index contributed by atoms with van der Waals surface area (Å²) in [5.74, 6) is -0.215. The predicted molar refractivity (Wildman–Crippen MR) is 110 cm³/mol. The van der Waals surface area contributed by atoms with Gasteiger partial charge in [-0.1, -0.05) is 24.3 Å². The Labute approximate surface area is 167 Å². The molecule has 3 aromatic rings. The van der Waals surface area contributed by atoms with Crippen molar-refractivity contribution in [3.05, 3.63) is 67.6 Å². The summed E-state index contributed by atoms with van der Waals surface area (Å²) in [6.45, 7) is 6.27. The summed E-state index contributed by atoms with van der Waals surface area (Å²) in [5.41, 5.74) is 10.1. The molecule has 2 aromatic heterocycles. The molecule has 0 bridgehead atoms. The molecule has 8 heteroatoms. The first-order valence-corrected chi connectivity index (χ1v) is 9.72. The fourth-order valence-electron chi connectivity index (χ4n) is 3.00. The van der Waals surface area contributed by atoms with Crippen LogP contribution in [0.1, 0.15) is 37.7 Å². The largest absolute Gasteiger partial charge is 0.347 e. The van der Waals surface area contributed by atoms with Crippen LogP contribution < -0.4 is 16.6 Å². The second-order valence-electron chi connectivity index (χ2n) is 6.60. The van der Waals surface area contributed by atoms with Crippen molar-refractivity contribution in [2.75, 3.05) is 0 Å². The van der Waals surface area contributed by atoms with Gasteiger partial charge in [0.15, 0.2) is 0 Å². The van der Waals surface area contributed by atoms with Crippen molar-refractivity contribution >= 4 is 17.2 Å². The van der Waals surface area contributed by atoms with E-state index in [-0.39, 0.29) is 11.5 Å². The first-order chi connectivity index (χ1) is 13.3. The molecule has 1 amide bonds. The molecule has 0 atom stereocenters. The molecule has 3 rings (SSSR count). The molecule has 1 aromatic carbocycles. The fraction of sp³-hybridized carbons (Fsp3) is 0.300. The number of carbonyl (C=O) groups excluding carboxylic acids is 1. The fourth-order valence-corrected chi connectivity index (χ4v) is 4.08. The van der Waals surface area contributed by atoms with Gasteiger partial charge in [0.2, 0.25) is 0 Å². The maximum Gasteiger partial charge on any atom is 0.277 e. The molecule has 0 spiro atoms. The van der Waals surface area contributed by atoms with Crippen molar-refractivity contribution in [3.63, 3.8) is 0 Å². The number of amides is 1. The number of nitrogens with one attached hydrogen (secondary N) is 1. The maximum absolute atomic E-state index is 12.7. The Balaban J connectivity index is 1.89. The zero-order valence-electron chi connectivity index (χ0n) is 16.4. The van der Waals surface area contributed by atoms with E-state index in [9.17, 15) is 9.59 Å². The van der Waals surface area contributed by atoms with E-state index in [4.69, 9.17) is 5.73 Å². The second kappa shape index (κ2) is 8.04. The molecule has 0 saturated carbocycles. The number of hydrogen-bond acceptors (Lipinski definition) is 6. The van der Waals surface area contributed by atoms with Gasteiger partial charge < -0.3 is 11.1 Å².